The molecule has 6 heteroatoms. The molecule has 1 aromatic heterocycles. The fraction of sp³-hybridized carbons (Fsp3) is 0.333. The molecule has 0 radical (unpaired) electrons. The zero-order chi connectivity index (χ0) is 15.0. The molecular formula is C15H16FNO2S2. The third-order valence-corrected chi connectivity index (χ3v) is 5.74. The van der Waals surface area contributed by atoms with Gasteiger partial charge in [-0.05, 0) is 58.3 Å². The van der Waals surface area contributed by atoms with Crippen LogP contribution in [0.2, 0.25) is 0 Å². The summed E-state index contributed by atoms with van der Waals surface area (Å²) in [6, 6.07) is 4.14. The Bertz CT molecular complexity index is 762. The van der Waals surface area contributed by atoms with Crippen LogP contribution in [-0.4, -0.2) is 8.42 Å². The summed E-state index contributed by atoms with van der Waals surface area (Å²) in [6.07, 6.45) is 4.81. The molecular weight excluding hydrogens is 309 g/mol. The average molecular weight is 325 g/mol. The van der Waals surface area contributed by atoms with Gasteiger partial charge in [-0.3, -0.25) is 0 Å². The van der Waals surface area contributed by atoms with E-state index in [0.717, 1.165) is 5.56 Å². The second-order valence-corrected chi connectivity index (χ2v) is 7.69. The molecule has 1 aliphatic carbocycles. The minimum absolute atomic E-state index is 0.455. The molecule has 1 aromatic carbocycles. The smallest absolute Gasteiger partial charge is 0.225 e. The van der Waals surface area contributed by atoms with Crippen LogP contribution in [0.1, 0.15) is 37.2 Å². The fourth-order valence-electron chi connectivity index (χ4n) is 2.99. The van der Waals surface area contributed by atoms with Gasteiger partial charge >= 0.3 is 0 Å². The Morgan fingerprint density at radius 1 is 1.19 bits per heavy atom. The van der Waals surface area contributed by atoms with Gasteiger partial charge < -0.3 is 0 Å². The molecule has 0 amide bonds. The highest BCUT2D eigenvalue weighted by Gasteiger charge is 2.22. The average Bonchev–Trinajstić information content (AvgIpc) is 3.08. The second kappa shape index (κ2) is 5.51. The van der Waals surface area contributed by atoms with Crippen molar-refractivity contribution in [2.24, 2.45) is 5.14 Å². The van der Waals surface area contributed by atoms with E-state index in [9.17, 15) is 12.8 Å². The number of sulfonamides is 1. The summed E-state index contributed by atoms with van der Waals surface area (Å²) >= 11 is 1.60. The van der Waals surface area contributed by atoms with Crippen LogP contribution in [-0.2, 0) is 10.0 Å². The van der Waals surface area contributed by atoms with Gasteiger partial charge in [-0.1, -0.05) is 18.9 Å². The summed E-state index contributed by atoms with van der Waals surface area (Å²) < 4.78 is 36.5. The Labute approximate surface area is 127 Å². The monoisotopic (exact) mass is 325 g/mol. The maximum atomic E-state index is 14.0. The molecule has 0 saturated heterocycles. The molecule has 1 aliphatic rings. The number of halogens is 1. The van der Waals surface area contributed by atoms with Gasteiger partial charge in [-0.2, -0.15) is 11.3 Å². The van der Waals surface area contributed by atoms with Gasteiger partial charge in [0.25, 0.3) is 0 Å². The highest BCUT2D eigenvalue weighted by atomic mass is 32.2. The number of hydrogen-bond donors (Lipinski definition) is 1. The summed E-state index contributed by atoms with van der Waals surface area (Å²) in [6.45, 7) is 0. The first-order chi connectivity index (χ1) is 9.97. The van der Waals surface area contributed by atoms with Crippen molar-refractivity contribution >= 4 is 21.4 Å². The molecule has 1 fully saturated rings. The van der Waals surface area contributed by atoms with Gasteiger partial charge in [-0.25, -0.2) is 17.9 Å². The molecule has 1 saturated carbocycles. The molecule has 3 nitrogen and oxygen atoms in total. The largest absolute Gasteiger partial charge is 0.240 e. The number of thiophene rings is 1. The van der Waals surface area contributed by atoms with Crippen molar-refractivity contribution < 1.29 is 12.8 Å². The second-order valence-electron chi connectivity index (χ2n) is 5.41. The number of primary sulfonamides is 1. The molecule has 0 aliphatic heterocycles. The molecule has 2 aromatic rings. The summed E-state index contributed by atoms with van der Waals surface area (Å²) in [5.74, 6) is -0.259. The lowest BCUT2D eigenvalue weighted by atomic mass is 9.93. The first-order valence-corrected chi connectivity index (χ1v) is 9.34. The SMILES string of the molecule is NS(=O)(=O)c1ccc(-c2cscc2C2CCCC2)cc1F. The predicted octanol–water partition coefficient (Wildman–Crippen LogP) is 3.86. The van der Waals surface area contributed by atoms with Crippen molar-refractivity contribution in [3.8, 4) is 11.1 Å². The van der Waals surface area contributed by atoms with Gasteiger partial charge in [0, 0.05) is 0 Å². The lowest BCUT2D eigenvalue weighted by molar-refractivity contribution is 0.568. The van der Waals surface area contributed by atoms with Crippen molar-refractivity contribution in [3.63, 3.8) is 0 Å². The van der Waals surface area contributed by atoms with Crippen LogP contribution in [0.3, 0.4) is 0 Å². The Morgan fingerprint density at radius 2 is 1.90 bits per heavy atom. The summed E-state index contributed by atoms with van der Waals surface area (Å²) in [4.78, 5) is -0.455. The summed E-state index contributed by atoms with van der Waals surface area (Å²) in [5, 5.41) is 9.11. The zero-order valence-corrected chi connectivity index (χ0v) is 13.0. The van der Waals surface area contributed by atoms with Crippen LogP contribution in [0, 0.1) is 5.82 Å². The number of benzene rings is 1. The first-order valence-electron chi connectivity index (χ1n) is 6.85. The van der Waals surface area contributed by atoms with E-state index in [1.165, 1.54) is 43.4 Å². The molecule has 0 bridgehead atoms. The standard InChI is InChI=1S/C15H16FNO2S2/c16-14-7-11(5-6-15(14)21(17,18)19)13-9-20-8-12(13)10-3-1-2-4-10/h5-10H,1-4H2,(H2,17,18,19). The molecule has 1 heterocycles. The fourth-order valence-corrected chi connectivity index (χ4v) is 4.52. The Balaban J connectivity index is 2.02. The minimum Gasteiger partial charge on any atom is -0.225 e. The van der Waals surface area contributed by atoms with Gasteiger partial charge in [0.05, 0.1) is 0 Å². The Hall–Kier alpha value is -1.24. The third kappa shape index (κ3) is 2.88. The van der Waals surface area contributed by atoms with E-state index in [0.29, 0.717) is 11.5 Å². The van der Waals surface area contributed by atoms with E-state index in [-0.39, 0.29) is 0 Å². The normalized spacial score (nSPS) is 16.5. The van der Waals surface area contributed by atoms with E-state index in [2.05, 4.69) is 5.38 Å². The third-order valence-electron chi connectivity index (χ3n) is 4.04. The first kappa shape index (κ1) is 14.7. The van der Waals surface area contributed by atoms with Crippen LogP contribution in [0.5, 0.6) is 0 Å². The van der Waals surface area contributed by atoms with Gasteiger partial charge in [0.2, 0.25) is 10.0 Å². The summed E-state index contributed by atoms with van der Waals surface area (Å²) in [5.41, 5.74) is 2.97. The quantitative estimate of drug-likeness (QED) is 0.931. The van der Waals surface area contributed by atoms with E-state index in [1.807, 2.05) is 5.38 Å². The van der Waals surface area contributed by atoms with E-state index in [4.69, 9.17) is 5.14 Å². The van der Waals surface area contributed by atoms with Crippen molar-refractivity contribution in [1.29, 1.82) is 0 Å². The topological polar surface area (TPSA) is 60.2 Å². The summed E-state index contributed by atoms with van der Waals surface area (Å²) in [7, 11) is -4.02. The van der Waals surface area contributed by atoms with E-state index in [1.54, 1.807) is 17.4 Å². The van der Waals surface area contributed by atoms with Crippen molar-refractivity contribution in [2.75, 3.05) is 0 Å². The number of nitrogens with two attached hydrogens (primary N) is 1. The van der Waals surface area contributed by atoms with Crippen LogP contribution < -0.4 is 5.14 Å². The highest BCUT2D eigenvalue weighted by Crippen LogP contribution is 2.41. The molecule has 0 spiro atoms. The van der Waals surface area contributed by atoms with Crippen LogP contribution in [0.25, 0.3) is 11.1 Å². The van der Waals surface area contributed by atoms with Gasteiger partial charge in [-0.15, -0.1) is 0 Å². The Morgan fingerprint density at radius 3 is 2.52 bits per heavy atom. The lowest BCUT2D eigenvalue weighted by Crippen LogP contribution is -2.13. The molecule has 112 valence electrons. The molecule has 3 rings (SSSR count). The maximum absolute atomic E-state index is 14.0. The van der Waals surface area contributed by atoms with E-state index < -0.39 is 20.7 Å². The molecule has 0 unspecified atom stereocenters. The maximum Gasteiger partial charge on any atom is 0.240 e. The van der Waals surface area contributed by atoms with E-state index >= 15 is 0 Å². The Kier molecular flexibility index (Phi) is 3.86. The van der Waals surface area contributed by atoms with Crippen molar-refractivity contribution in [1.82, 2.24) is 0 Å². The molecule has 2 N–H and O–H groups in total. The van der Waals surface area contributed by atoms with Crippen LogP contribution >= 0.6 is 11.3 Å². The number of rotatable bonds is 3. The van der Waals surface area contributed by atoms with Crippen molar-refractivity contribution in [3.05, 3.63) is 40.3 Å². The molecule has 21 heavy (non-hydrogen) atoms. The van der Waals surface area contributed by atoms with Gasteiger partial charge in [0.1, 0.15) is 10.7 Å². The van der Waals surface area contributed by atoms with Crippen LogP contribution in [0.15, 0.2) is 33.9 Å². The highest BCUT2D eigenvalue weighted by molar-refractivity contribution is 7.89. The lowest BCUT2D eigenvalue weighted by Gasteiger charge is -2.11. The van der Waals surface area contributed by atoms with Gasteiger partial charge in [0.15, 0.2) is 0 Å². The predicted molar refractivity (Wildman–Crippen MR) is 82.3 cm³/mol. The zero-order valence-electron chi connectivity index (χ0n) is 11.4. The van der Waals surface area contributed by atoms with Crippen LogP contribution in [0.4, 0.5) is 4.39 Å². The molecule has 0 atom stereocenters. The van der Waals surface area contributed by atoms with Crippen molar-refractivity contribution in [2.45, 2.75) is 36.5 Å². The number of hydrogen-bond acceptors (Lipinski definition) is 3. The minimum atomic E-state index is -4.02.